The first-order chi connectivity index (χ1) is 6.63. The average Bonchev–Trinajstić information content (AvgIpc) is 2.10. The number of rotatable bonds is 4. The Labute approximate surface area is 84.7 Å². The molecule has 0 spiro atoms. The summed E-state index contributed by atoms with van der Waals surface area (Å²) in [6.45, 7) is 2.52. The van der Waals surface area contributed by atoms with Crippen LogP contribution in [0.2, 0.25) is 0 Å². The van der Waals surface area contributed by atoms with Crippen LogP contribution in [-0.4, -0.2) is 17.7 Å². The van der Waals surface area contributed by atoms with Gasteiger partial charge in [0, 0.05) is 6.04 Å². The first kappa shape index (κ1) is 11.0. The molecule has 0 saturated carbocycles. The van der Waals surface area contributed by atoms with Crippen molar-refractivity contribution in [2.45, 2.75) is 25.8 Å². The Morgan fingerprint density at radius 2 is 2.14 bits per heavy atom. The van der Waals surface area contributed by atoms with Crippen LogP contribution in [0.5, 0.6) is 5.75 Å². The first-order valence-corrected chi connectivity index (χ1v) is 4.90. The molecule has 0 aliphatic rings. The highest BCUT2D eigenvalue weighted by molar-refractivity contribution is 5.36. The molecule has 3 heteroatoms. The van der Waals surface area contributed by atoms with Gasteiger partial charge in [0.25, 0.3) is 0 Å². The van der Waals surface area contributed by atoms with E-state index in [1.165, 1.54) is 0 Å². The standard InChI is InChI=1S/C11H18N2O/c1-8(13)6-9-2-3-11(14)10(7-9)4-5-12/h2-3,7-8,14H,4-6,12-13H2,1H3. The van der Waals surface area contributed by atoms with E-state index in [2.05, 4.69) is 0 Å². The van der Waals surface area contributed by atoms with E-state index in [9.17, 15) is 5.11 Å². The third-order valence-corrected chi connectivity index (χ3v) is 2.12. The lowest BCUT2D eigenvalue weighted by Gasteiger charge is -2.08. The van der Waals surface area contributed by atoms with Crippen molar-refractivity contribution in [1.82, 2.24) is 0 Å². The molecule has 5 N–H and O–H groups in total. The van der Waals surface area contributed by atoms with Gasteiger partial charge in [0.15, 0.2) is 0 Å². The second-order valence-corrected chi connectivity index (χ2v) is 3.68. The van der Waals surface area contributed by atoms with Gasteiger partial charge in [-0.2, -0.15) is 0 Å². The number of nitrogens with two attached hydrogens (primary N) is 2. The summed E-state index contributed by atoms with van der Waals surface area (Å²) in [7, 11) is 0. The molecular weight excluding hydrogens is 176 g/mol. The molecule has 0 saturated heterocycles. The monoisotopic (exact) mass is 194 g/mol. The zero-order chi connectivity index (χ0) is 10.6. The second kappa shape index (κ2) is 4.98. The summed E-state index contributed by atoms with van der Waals surface area (Å²) in [6.07, 6.45) is 1.54. The highest BCUT2D eigenvalue weighted by atomic mass is 16.3. The van der Waals surface area contributed by atoms with Gasteiger partial charge in [-0.15, -0.1) is 0 Å². The minimum absolute atomic E-state index is 0.144. The van der Waals surface area contributed by atoms with Crippen molar-refractivity contribution in [3.05, 3.63) is 29.3 Å². The van der Waals surface area contributed by atoms with Crippen molar-refractivity contribution < 1.29 is 5.11 Å². The molecule has 0 radical (unpaired) electrons. The average molecular weight is 194 g/mol. The molecule has 1 unspecified atom stereocenters. The van der Waals surface area contributed by atoms with Gasteiger partial charge in [-0.3, -0.25) is 0 Å². The largest absolute Gasteiger partial charge is 0.508 e. The van der Waals surface area contributed by atoms with Crippen LogP contribution in [0.25, 0.3) is 0 Å². The number of hydrogen-bond donors (Lipinski definition) is 3. The Bertz CT molecular complexity index is 297. The Hall–Kier alpha value is -1.06. The maximum absolute atomic E-state index is 9.51. The van der Waals surface area contributed by atoms with Crippen molar-refractivity contribution in [2.75, 3.05) is 6.54 Å². The third-order valence-electron chi connectivity index (χ3n) is 2.12. The van der Waals surface area contributed by atoms with Crippen LogP contribution in [0.15, 0.2) is 18.2 Å². The van der Waals surface area contributed by atoms with Crippen molar-refractivity contribution in [3.8, 4) is 5.75 Å². The quantitative estimate of drug-likeness (QED) is 0.663. The van der Waals surface area contributed by atoms with Gasteiger partial charge in [0.2, 0.25) is 0 Å². The number of aromatic hydroxyl groups is 1. The molecule has 0 heterocycles. The molecule has 0 aliphatic carbocycles. The van der Waals surface area contributed by atoms with Crippen LogP contribution in [0.3, 0.4) is 0 Å². The highest BCUT2D eigenvalue weighted by Crippen LogP contribution is 2.19. The minimum Gasteiger partial charge on any atom is -0.508 e. The fourth-order valence-corrected chi connectivity index (χ4v) is 1.49. The van der Waals surface area contributed by atoms with E-state index in [0.717, 1.165) is 17.5 Å². The number of phenols is 1. The van der Waals surface area contributed by atoms with E-state index in [0.29, 0.717) is 18.7 Å². The second-order valence-electron chi connectivity index (χ2n) is 3.68. The number of benzene rings is 1. The highest BCUT2D eigenvalue weighted by Gasteiger charge is 2.03. The van der Waals surface area contributed by atoms with Gasteiger partial charge in [0.1, 0.15) is 5.75 Å². The van der Waals surface area contributed by atoms with Crippen LogP contribution in [0, 0.1) is 0 Å². The molecule has 14 heavy (non-hydrogen) atoms. The van der Waals surface area contributed by atoms with E-state index < -0.39 is 0 Å². The molecule has 1 aromatic rings. The number of phenolic OH excluding ortho intramolecular Hbond substituents is 1. The Morgan fingerprint density at radius 3 is 2.71 bits per heavy atom. The first-order valence-electron chi connectivity index (χ1n) is 4.90. The van der Waals surface area contributed by atoms with Gasteiger partial charge >= 0.3 is 0 Å². The molecule has 0 bridgehead atoms. The maximum atomic E-state index is 9.51. The minimum atomic E-state index is 0.144. The van der Waals surface area contributed by atoms with Gasteiger partial charge in [0.05, 0.1) is 0 Å². The predicted molar refractivity (Wildman–Crippen MR) is 58.2 cm³/mol. The van der Waals surface area contributed by atoms with Gasteiger partial charge in [-0.05, 0) is 43.5 Å². The predicted octanol–water partition coefficient (Wildman–Crippen LogP) is 0.783. The SMILES string of the molecule is CC(N)Cc1ccc(O)c(CCN)c1. The molecule has 0 aromatic heterocycles. The van der Waals surface area contributed by atoms with Crippen molar-refractivity contribution in [2.24, 2.45) is 11.5 Å². The summed E-state index contributed by atoms with van der Waals surface area (Å²) in [4.78, 5) is 0. The molecular formula is C11H18N2O. The van der Waals surface area contributed by atoms with Gasteiger partial charge < -0.3 is 16.6 Å². The summed E-state index contributed by atoms with van der Waals surface area (Å²) < 4.78 is 0. The number of hydrogen-bond acceptors (Lipinski definition) is 3. The molecule has 3 nitrogen and oxygen atoms in total. The van der Waals surface area contributed by atoms with Crippen LogP contribution < -0.4 is 11.5 Å². The van der Waals surface area contributed by atoms with Gasteiger partial charge in [-0.1, -0.05) is 12.1 Å². The molecule has 1 rings (SSSR count). The van der Waals surface area contributed by atoms with Crippen molar-refractivity contribution in [1.29, 1.82) is 0 Å². The third kappa shape index (κ3) is 3.01. The van der Waals surface area contributed by atoms with Crippen LogP contribution >= 0.6 is 0 Å². The molecule has 0 aliphatic heterocycles. The van der Waals surface area contributed by atoms with Crippen LogP contribution in [0.4, 0.5) is 0 Å². The van der Waals surface area contributed by atoms with Crippen LogP contribution in [0.1, 0.15) is 18.1 Å². The molecule has 0 amide bonds. The van der Waals surface area contributed by atoms with E-state index in [4.69, 9.17) is 11.5 Å². The van der Waals surface area contributed by atoms with Gasteiger partial charge in [-0.25, -0.2) is 0 Å². The maximum Gasteiger partial charge on any atom is 0.118 e. The Morgan fingerprint density at radius 1 is 1.43 bits per heavy atom. The Kier molecular flexibility index (Phi) is 3.92. The van der Waals surface area contributed by atoms with E-state index in [1.807, 2.05) is 19.1 Å². The summed E-state index contributed by atoms with van der Waals surface area (Å²) >= 11 is 0. The Balaban J connectivity index is 2.83. The van der Waals surface area contributed by atoms with E-state index >= 15 is 0 Å². The summed E-state index contributed by atoms with van der Waals surface area (Å²) in [5.41, 5.74) is 13.2. The summed E-state index contributed by atoms with van der Waals surface area (Å²) in [5.74, 6) is 0.323. The molecule has 0 fully saturated rings. The lowest BCUT2D eigenvalue weighted by atomic mass is 10.0. The zero-order valence-electron chi connectivity index (χ0n) is 8.53. The van der Waals surface area contributed by atoms with Crippen molar-refractivity contribution in [3.63, 3.8) is 0 Å². The topological polar surface area (TPSA) is 72.3 Å². The van der Waals surface area contributed by atoms with Crippen molar-refractivity contribution >= 4 is 0 Å². The lowest BCUT2D eigenvalue weighted by molar-refractivity contribution is 0.467. The lowest BCUT2D eigenvalue weighted by Crippen LogP contribution is -2.17. The normalized spacial score (nSPS) is 12.8. The molecule has 1 aromatic carbocycles. The van der Waals surface area contributed by atoms with E-state index in [-0.39, 0.29) is 6.04 Å². The smallest absolute Gasteiger partial charge is 0.118 e. The van der Waals surface area contributed by atoms with E-state index in [1.54, 1.807) is 6.07 Å². The fraction of sp³-hybridized carbons (Fsp3) is 0.455. The molecule has 78 valence electrons. The summed E-state index contributed by atoms with van der Waals surface area (Å²) in [6, 6.07) is 5.73. The van der Waals surface area contributed by atoms with Crippen LogP contribution in [-0.2, 0) is 12.8 Å². The zero-order valence-corrected chi connectivity index (χ0v) is 8.53. The fourth-order valence-electron chi connectivity index (χ4n) is 1.49. The molecule has 1 atom stereocenters. The summed E-state index contributed by atoms with van der Waals surface area (Å²) in [5, 5.41) is 9.51.